The molecule has 88 valence electrons. The lowest BCUT2D eigenvalue weighted by Gasteiger charge is -2.11. The Bertz CT molecular complexity index is 488. The Morgan fingerprint density at radius 1 is 1.18 bits per heavy atom. The van der Waals surface area contributed by atoms with Crippen LogP contribution in [0.1, 0.15) is 11.1 Å². The number of rotatable bonds is 3. The van der Waals surface area contributed by atoms with Crippen LogP contribution < -0.4 is 4.74 Å². The third-order valence-electron chi connectivity index (χ3n) is 2.39. The van der Waals surface area contributed by atoms with Crippen molar-refractivity contribution in [1.29, 1.82) is 0 Å². The van der Waals surface area contributed by atoms with E-state index in [4.69, 9.17) is 4.74 Å². The van der Waals surface area contributed by atoms with Gasteiger partial charge in [-0.15, -0.1) is 12.6 Å². The van der Waals surface area contributed by atoms with Gasteiger partial charge in [0, 0.05) is 4.90 Å². The van der Waals surface area contributed by atoms with E-state index in [0.717, 1.165) is 26.2 Å². The molecule has 2 rings (SSSR count). The molecule has 0 aliphatic heterocycles. The molecule has 0 atom stereocenters. The summed E-state index contributed by atoms with van der Waals surface area (Å²) in [5, 5.41) is 0. The first-order valence-corrected chi connectivity index (χ1v) is 6.56. The van der Waals surface area contributed by atoms with Gasteiger partial charge in [0.2, 0.25) is 0 Å². The van der Waals surface area contributed by atoms with Crippen LogP contribution in [0.2, 0.25) is 0 Å². The number of benzene rings is 2. The van der Waals surface area contributed by atoms with E-state index < -0.39 is 0 Å². The molecule has 3 heteroatoms. The highest BCUT2D eigenvalue weighted by molar-refractivity contribution is 9.10. The number of hydrogen-bond acceptors (Lipinski definition) is 2. The van der Waals surface area contributed by atoms with Crippen molar-refractivity contribution in [2.75, 3.05) is 0 Å². The zero-order chi connectivity index (χ0) is 12.3. The van der Waals surface area contributed by atoms with Gasteiger partial charge >= 0.3 is 0 Å². The molecule has 0 aliphatic rings. The Morgan fingerprint density at radius 3 is 2.53 bits per heavy atom. The predicted octanol–water partition coefficient (Wildman–Crippen LogP) is 4.63. The first kappa shape index (κ1) is 12.5. The van der Waals surface area contributed by atoms with Gasteiger partial charge in [-0.1, -0.05) is 30.3 Å². The summed E-state index contributed by atoms with van der Waals surface area (Å²) in [6, 6.07) is 14.1. The van der Waals surface area contributed by atoms with Crippen molar-refractivity contribution in [3.8, 4) is 5.75 Å². The van der Waals surface area contributed by atoms with Crippen molar-refractivity contribution in [2.45, 2.75) is 18.4 Å². The quantitative estimate of drug-likeness (QED) is 0.814. The molecule has 2 aromatic carbocycles. The number of hydrogen-bond donors (Lipinski definition) is 1. The maximum absolute atomic E-state index is 5.79. The molecular weight excluding hydrogens is 296 g/mol. The van der Waals surface area contributed by atoms with E-state index in [1.165, 1.54) is 0 Å². The van der Waals surface area contributed by atoms with Crippen molar-refractivity contribution in [3.05, 3.63) is 58.1 Å². The lowest BCUT2D eigenvalue weighted by atomic mass is 10.2. The predicted molar refractivity (Wildman–Crippen MR) is 76.9 cm³/mol. The topological polar surface area (TPSA) is 9.23 Å². The molecule has 0 bridgehead atoms. The van der Waals surface area contributed by atoms with Gasteiger partial charge in [0.25, 0.3) is 0 Å². The third kappa shape index (κ3) is 3.27. The minimum Gasteiger partial charge on any atom is -0.487 e. The maximum Gasteiger partial charge on any atom is 0.147 e. The maximum atomic E-state index is 5.79. The number of halogens is 1. The monoisotopic (exact) mass is 308 g/mol. The molecule has 0 heterocycles. The zero-order valence-corrected chi connectivity index (χ0v) is 12.0. The van der Waals surface area contributed by atoms with Crippen LogP contribution in [0.15, 0.2) is 51.8 Å². The molecule has 0 saturated carbocycles. The second-order valence-corrected chi connectivity index (χ2v) is 5.21. The van der Waals surface area contributed by atoms with Crippen LogP contribution in [0, 0.1) is 6.92 Å². The molecule has 0 N–H and O–H groups in total. The lowest BCUT2D eigenvalue weighted by Crippen LogP contribution is -1.97. The van der Waals surface area contributed by atoms with E-state index in [1.54, 1.807) is 0 Å². The first-order valence-electron chi connectivity index (χ1n) is 5.32. The van der Waals surface area contributed by atoms with E-state index in [-0.39, 0.29) is 0 Å². The summed E-state index contributed by atoms with van der Waals surface area (Å²) in [4.78, 5) is 0.854. The summed E-state index contributed by atoms with van der Waals surface area (Å²) >= 11 is 7.93. The summed E-state index contributed by atoms with van der Waals surface area (Å²) < 4.78 is 6.73. The SMILES string of the molecule is Cc1cc(S)c(OCc2ccccc2)c(Br)c1. The fourth-order valence-electron chi connectivity index (χ4n) is 1.58. The second kappa shape index (κ2) is 5.61. The van der Waals surface area contributed by atoms with Crippen molar-refractivity contribution in [1.82, 2.24) is 0 Å². The molecule has 0 spiro atoms. The standard InChI is InChI=1S/C14H13BrOS/c1-10-7-12(15)14(13(17)8-10)16-9-11-5-3-2-4-6-11/h2-8,17H,9H2,1H3. The van der Waals surface area contributed by atoms with E-state index in [1.807, 2.05) is 49.4 Å². The molecule has 0 fully saturated rings. The smallest absolute Gasteiger partial charge is 0.147 e. The Morgan fingerprint density at radius 2 is 1.88 bits per heavy atom. The van der Waals surface area contributed by atoms with Crippen LogP contribution in [0.25, 0.3) is 0 Å². The summed E-state index contributed by atoms with van der Waals surface area (Å²) in [7, 11) is 0. The molecule has 0 radical (unpaired) electrons. The van der Waals surface area contributed by atoms with Gasteiger partial charge in [0.05, 0.1) is 4.47 Å². The highest BCUT2D eigenvalue weighted by atomic mass is 79.9. The van der Waals surface area contributed by atoms with Crippen molar-refractivity contribution in [2.24, 2.45) is 0 Å². The highest BCUT2D eigenvalue weighted by Crippen LogP contribution is 2.33. The Kier molecular flexibility index (Phi) is 4.13. The number of thiol groups is 1. The van der Waals surface area contributed by atoms with Crippen LogP contribution in [-0.2, 0) is 6.61 Å². The third-order valence-corrected chi connectivity index (χ3v) is 3.32. The normalized spacial score (nSPS) is 10.3. The molecule has 0 unspecified atom stereocenters. The molecule has 17 heavy (non-hydrogen) atoms. The highest BCUT2D eigenvalue weighted by Gasteiger charge is 2.07. The largest absolute Gasteiger partial charge is 0.487 e. The van der Waals surface area contributed by atoms with E-state index in [0.29, 0.717) is 6.61 Å². The second-order valence-electron chi connectivity index (χ2n) is 3.87. The van der Waals surface area contributed by atoms with Gasteiger partial charge < -0.3 is 4.74 Å². The summed E-state index contributed by atoms with van der Waals surface area (Å²) in [6.45, 7) is 2.58. The Labute approximate surface area is 115 Å². The fourth-order valence-corrected chi connectivity index (χ4v) is 2.81. The fraction of sp³-hybridized carbons (Fsp3) is 0.143. The van der Waals surface area contributed by atoms with Crippen LogP contribution in [0.3, 0.4) is 0 Å². The average molecular weight is 309 g/mol. The summed E-state index contributed by atoms with van der Waals surface area (Å²) in [5.74, 6) is 0.794. The Hall–Kier alpha value is -0.930. The molecule has 1 nitrogen and oxygen atoms in total. The number of aryl methyl sites for hydroxylation is 1. The lowest BCUT2D eigenvalue weighted by molar-refractivity contribution is 0.297. The van der Waals surface area contributed by atoms with Crippen molar-refractivity contribution in [3.63, 3.8) is 0 Å². The van der Waals surface area contributed by atoms with E-state index in [2.05, 4.69) is 28.6 Å². The van der Waals surface area contributed by atoms with Crippen LogP contribution in [0.5, 0.6) is 5.75 Å². The van der Waals surface area contributed by atoms with Gasteiger partial charge in [0.1, 0.15) is 12.4 Å². The zero-order valence-electron chi connectivity index (χ0n) is 9.48. The van der Waals surface area contributed by atoms with Crippen molar-refractivity contribution < 1.29 is 4.74 Å². The number of ether oxygens (including phenoxy) is 1. The first-order chi connectivity index (χ1) is 8.16. The van der Waals surface area contributed by atoms with Gasteiger partial charge in [-0.3, -0.25) is 0 Å². The van der Waals surface area contributed by atoms with Gasteiger partial charge in [0.15, 0.2) is 0 Å². The van der Waals surface area contributed by atoms with Crippen LogP contribution in [-0.4, -0.2) is 0 Å². The molecule has 0 amide bonds. The van der Waals surface area contributed by atoms with Crippen molar-refractivity contribution >= 4 is 28.6 Å². The molecule has 0 aromatic heterocycles. The van der Waals surface area contributed by atoms with Crippen LogP contribution in [0.4, 0.5) is 0 Å². The molecular formula is C14H13BrOS. The Balaban J connectivity index is 2.15. The van der Waals surface area contributed by atoms with Crippen LogP contribution >= 0.6 is 28.6 Å². The van der Waals surface area contributed by atoms with Gasteiger partial charge in [-0.25, -0.2) is 0 Å². The van der Waals surface area contributed by atoms with Gasteiger partial charge in [-0.05, 0) is 46.1 Å². The summed E-state index contributed by atoms with van der Waals surface area (Å²) in [5.41, 5.74) is 2.31. The molecule has 0 aliphatic carbocycles. The molecule has 0 saturated heterocycles. The van der Waals surface area contributed by atoms with E-state index >= 15 is 0 Å². The summed E-state index contributed by atoms with van der Waals surface area (Å²) in [6.07, 6.45) is 0. The minimum absolute atomic E-state index is 0.552. The minimum atomic E-state index is 0.552. The van der Waals surface area contributed by atoms with Gasteiger partial charge in [-0.2, -0.15) is 0 Å². The molecule has 2 aromatic rings. The average Bonchev–Trinajstić information content (AvgIpc) is 2.29. The van der Waals surface area contributed by atoms with E-state index in [9.17, 15) is 0 Å².